The van der Waals surface area contributed by atoms with Crippen molar-refractivity contribution in [1.29, 1.82) is 0 Å². The van der Waals surface area contributed by atoms with Crippen molar-refractivity contribution >= 4 is 34.8 Å². The summed E-state index contributed by atoms with van der Waals surface area (Å²) < 4.78 is 13.5. The molecule has 0 saturated carbocycles. The highest BCUT2D eigenvalue weighted by molar-refractivity contribution is 7.07. The molecular formula is C13H10ClFN2O3S. The van der Waals surface area contributed by atoms with Crippen LogP contribution >= 0.6 is 22.9 Å². The van der Waals surface area contributed by atoms with Crippen molar-refractivity contribution < 1.29 is 19.1 Å². The third kappa shape index (κ3) is 3.99. The Kier molecular flexibility index (Phi) is 4.87. The average molecular weight is 329 g/mol. The summed E-state index contributed by atoms with van der Waals surface area (Å²) in [6.07, 6.45) is -0.378. The summed E-state index contributed by atoms with van der Waals surface area (Å²) in [4.78, 5) is 26.7. The second-order valence-corrected chi connectivity index (χ2v) is 5.30. The topological polar surface area (TPSA) is 79.3 Å². The van der Waals surface area contributed by atoms with Gasteiger partial charge in [-0.1, -0.05) is 17.7 Å². The lowest BCUT2D eigenvalue weighted by Gasteiger charge is -2.17. The number of halogens is 2. The molecule has 21 heavy (non-hydrogen) atoms. The summed E-state index contributed by atoms with van der Waals surface area (Å²) >= 11 is 6.83. The van der Waals surface area contributed by atoms with Crippen molar-refractivity contribution in [2.45, 2.75) is 12.5 Å². The lowest BCUT2D eigenvalue weighted by molar-refractivity contribution is -0.137. The monoisotopic (exact) mass is 328 g/mol. The van der Waals surface area contributed by atoms with Crippen molar-refractivity contribution in [3.05, 3.63) is 51.2 Å². The molecule has 0 fully saturated rings. The van der Waals surface area contributed by atoms with Gasteiger partial charge in [0.25, 0.3) is 5.91 Å². The maximum absolute atomic E-state index is 13.5. The first kappa shape index (κ1) is 15.4. The molecule has 5 nitrogen and oxygen atoms in total. The summed E-state index contributed by atoms with van der Waals surface area (Å²) in [7, 11) is 0. The number of carboxylic acids is 1. The highest BCUT2D eigenvalue weighted by Crippen LogP contribution is 2.23. The maximum Gasteiger partial charge on any atom is 0.305 e. The number of carbonyl (C=O) groups excluding carboxylic acids is 1. The van der Waals surface area contributed by atoms with Crippen LogP contribution in [-0.4, -0.2) is 22.0 Å². The van der Waals surface area contributed by atoms with Gasteiger partial charge in [0.05, 0.1) is 23.0 Å². The van der Waals surface area contributed by atoms with E-state index in [-0.39, 0.29) is 17.1 Å². The second-order valence-electron chi connectivity index (χ2n) is 4.17. The van der Waals surface area contributed by atoms with Crippen LogP contribution in [0.4, 0.5) is 4.39 Å². The van der Waals surface area contributed by atoms with Gasteiger partial charge in [-0.3, -0.25) is 9.59 Å². The van der Waals surface area contributed by atoms with Crippen LogP contribution in [0.2, 0.25) is 5.02 Å². The quantitative estimate of drug-likeness (QED) is 0.884. The van der Waals surface area contributed by atoms with Gasteiger partial charge in [-0.2, -0.15) is 0 Å². The third-order valence-electron chi connectivity index (χ3n) is 2.70. The van der Waals surface area contributed by atoms with Gasteiger partial charge in [-0.05, 0) is 17.7 Å². The highest BCUT2D eigenvalue weighted by atomic mass is 35.5. The molecular weight excluding hydrogens is 319 g/mol. The van der Waals surface area contributed by atoms with E-state index in [0.717, 1.165) is 6.07 Å². The van der Waals surface area contributed by atoms with E-state index in [1.165, 1.54) is 34.4 Å². The zero-order valence-electron chi connectivity index (χ0n) is 10.5. The lowest BCUT2D eigenvalue weighted by Crippen LogP contribution is -2.30. The van der Waals surface area contributed by atoms with E-state index < -0.39 is 23.7 Å². The molecule has 0 aliphatic heterocycles. The SMILES string of the molecule is O=C(O)C[C@H](NC(=O)c1cscn1)c1ccc(Cl)c(F)c1. The Morgan fingerprint density at radius 1 is 1.48 bits per heavy atom. The van der Waals surface area contributed by atoms with Crippen molar-refractivity contribution in [3.8, 4) is 0 Å². The maximum atomic E-state index is 13.5. The summed E-state index contributed by atoms with van der Waals surface area (Å²) in [5, 5.41) is 12.9. The largest absolute Gasteiger partial charge is 0.481 e. The molecule has 0 bridgehead atoms. The van der Waals surface area contributed by atoms with E-state index >= 15 is 0 Å². The Morgan fingerprint density at radius 3 is 2.81 bits per heavy atom. The summed E-state index contributed by atoms with van der Waals surface area (Å²) in [5.41, 5.74) is 2.00. The molecule has 1 aromatic carbocycles. The van der Waals surface area contributed by atoms with E-state index in [9.17, 15) is 14.0 Å². The predicted octanol–water partition coefficient (Wildman–Crippen LogP) is 2.88. The first-order valence-corrected chi connectivity index (χ1v) is 7.15. The van der Waals surface area contributed by atoms with Gasteiger partial charge >= 0.3 is 5.97 Å². The molecule has 8 heteroatoms. The zero-order chi connectivity index (χ0) is 15.4. The average Bonchev–Trinajstić information content (AvgIpc) is 2.94. The van der Waals surface area contributed by atoms with Crippen molar-refractivity contribution in [3.63, 3.8) is 0 Å². The number of aliphatic carboxylic acids is 1. The first-order chi connectivity index (χ1) is 9.97. The van der Waals surface area contributed by atoms with Crippen LogP contribution < -0.4 is 5.32 Å². The predicted molar refractivity (Wildman–Crippen MR) is 76.0 cm³/mol. The van der Waals surface area contributed by atoms with Gasteiger partial charge in [-0.25, -0.2) is 9.37 Å². The number of carbonyl (C=O) groups is 2. The molecule has 1 heterocycles. The van der Waals surface area contributed by atoms with E-state index in [4.69, 9.17) is 16.7 Å². The Hall–Kier alpha value is -1.99. The fraction of sp³-hybridized carbons (Fsp3) is 0.154. The summed E-state index contributed by atoms with van der Waals surface area (Å²) in [5.74, 6) is -2.31. The Bertz CT molecular complexity index is 663. The van der Waals surface area contributed by atoms with Crippen LogP contribution in [0.5, 0.6) is 0 Å². The standard InChI is InChI=1S/C13H10ClFN2O3S/c14-8-2-1-7(3-9(8)15)10(4-12(18)19)17-13(20)11-5-21-6-16-11/h1-3,5-6,10H,4H2,(H,17,20)(H,18,19)/t10-/m0/s1. The second kappa shape index (κ2) is 6.64. The molecule has 0 aliphatic rings. The van der Waals surface area contributed by atoms with Crippen LogP contribution in [-0.2, 0) is 4.79 Å². The number of benzene rings is 1. The molecule has 2 rings (SSSR count). The van der Waals surface area contributed by atoms with E-state index in [1.807, 2.05) is 0 Å². The van der Waals surface area contributed by atoms with Gasteiger partial charge in [0.1, 0.15) is 11.5 Å². The Morgan fingerprint density at radius 2 is 2.24 bits per heavy atom. The highest BCUT2D eigenvalue weighted by Gasteiger charge is 2.20. The van der Waals surface area contributed by atoms with Gasteiger partial charge < -0.3 is 10.4 Å². The number of rotatable bonds is 5. The minimum absolute atomic E-state index is 0.0707. The first-order valence-electron chi connectivity index (χ1n) is 5.83. The lowest BCUT2D eigenvalue weighted by atomic mass is 10.0. The zero-order valence-corrected chi connectivity index (χ0v) is 12.1. The number of thiazole rings is 1. The smallest absolute Gasteiger partial charge is 0.305 e. The van der Waals surface area contributed by atoms with Crippen molar-refractivity contribution in [2.24, 2.45) is 0 Å². The molecule has 0 saturated heterocycles. The van der Waals surface area contributed by atoms with Crippen molar-refractivity contribution in [2.75, 3.05) is 0 Å². The van der Waals surface area contributed by atoms with Crippen LogP contribution in [0.15, 0.2) is 29.1 Å². The number of nitrogens with zero attached hydrogens (tertiary/aromatic N) is 1. The fourth-order valence-corrected chi connectivity index (χ4v) is 2.36. The molecule has 2 N–H and O–H groups in total. The fourth-order valence-electron chi connectivity index (χ4n) is 1.71. The van der Waals surface area contributed by atoms with E-state index in [1.54, 1.807) is 0 Å². The van der Waals surface area contributed by atoms with Gasteiger partial charge in [0.2, 0.25) is 0 Å². The number of nitrogens with one attached hydrogen (secondary N) is 1. The van der Waals surface area contributed by atoms with E-state index in [2.05, 4.69) is 10.3 Å². The van der Waals surface area contributed by atoms with Crippen LogP contribution in [0.25, 0.3) is 0 Å². The normalized spacial score (nSPS) is 11.9. The Balaban J connectivity index is 2.23. The third-order valence-corrected chi connectivity index (χ3v) is 3.59. The van der Waals surface area contributed by atoms with Gasteiger partial charge in [0.15, 0.2) is 0 Å². The number of carboxylic acid groups (broad SMARTS) is 1. The Labute approximate surface area is 128 Å². The van der Waals surface area contributed by atoms with Crippen molar-refractivity contribution in [1.82, 2.24) is 10.3 Å². The molecule has 1 aromatic heterocycles. The summed E-state index contributed by atoms with van der Waals surface area (Å²) in [6, 6.07) is 3.02. The minimum Gasteiger partial charge on any atom is -0.481 e. The minimum atomic E-state index is -1.12. The van der Waals surface area contributed by atoms with Crippen LogP contribution in [0.1, 0.15) is 28.5 Å². The van der Waals surface area contributed by atoms with E-state index in [0.29, 0.717) is 5.56 Å². The molecule has 110 valence electrons. The molecule has 0 aliphatic carbocycles. The summed E-state index contributed by atoms with van der Waals surface area (Å²) in [6.45, 7) is 0. The van der Waals surface area contributed by atoms with Gasteiger partial charge in [0, 0.05) is 5.38 Å². The van der Waals surface area contributed by atoms with Crippen LogP contribution in [0, 0.1) is 5.82 Å². The molecule has 1 atom stereocenters. The molecule has 2 aromatic rings. The van der Waals surface area contributed by atoms with Gasteiger partial charge in [-0.15, -0.1) is 11.3 Å². The molecule has 0 unspecified atom stereocenters. The molecule has 0 spiro atoms. The number of hydrogen-bond donors (Lipinski definition) is 2. The number of hydrogen-bond acceptors (Lipinski definition) is 4. The number of amides is 1. The van der Waals surface area contributed by atoms with Crippen LogP contribution in [0.3, 0.4) is 0 Å². The number of aromatic nitrogens is 1. The molecule has 0 radical (unpaired) electrons. The molecule has 1 amide bonds.